The van der Waals surface area contributed by atoms with Gasteiger partial charge in [0.25, 0.3) is 0 Å². The first-order chi connectivity index (χ1) is 21.9. The number of aromatic amines is 1. The maximum atomic E-state index is 12.9. The minimum atomic E-state index is -3.63. The summed E-state index contributed by atoms with van der Waals surface area (Å²) in [6, 6.07) is 9.65. The SMILES string of the molecule is COc1cccc2cc(-c3cc(OC[C@H]4O[C@@H](n5ccc(N)nc5=O)[C@H](O)[C@@H]4O[P+](=O)O)c(C4CS(=O)(=O)C(C)C(N)=N4)s3)[nH]c12. The number of nitrogen functional groups attached to an aromatic ring is 1. The van der Waals surface area contributed by atoms with Crippen LogP contribution in [0.3, 0.4) is 0 Å². The van der Waals surface area contributed by atoms with Crippen LogP contribution in [-0.2, 0) is 23.7 Å². The zero-order valence-electron chi connectivity index (χ0n) is 24.3. The number of methoxy groups -OCH3 is 1. The third-order valence-electron chi connectivity index (χ3n) is 7.83. The molecule has 4 aromatic rings. The van der Waals surface area contributed by atoms with Gasteiger partial charge in [-0.3, -0.25) is 9.56 Å². The molecule has 0 amide bonds. The Bertz CT molecular complexity index is 2010. The van der Waals surface area contributed by atoms with Crippen LogP contribution in [0.4, 0.5) is 5.82 Å². The molecule has 0 spiro atoms. The number of benzene rings is 1. The normalized spacial score (nSPS) is 26.2. The molecular weight excluding hydrogens is 663 g/mol. The average molecular weight is 694 g/mol. The predicted molar refractivity (Wildman–Crippen MR) is 169 cm³/mol. The van der Waals surface area contributed by atoms with Crippen molar-refractivity contribution < 1.29 is 41.7 Å². The van der Waals surface area contributed by atoms with Crippen molar-refractivity contribution in [3.8, 4) is 22.1 Å². The molecule has 0 bridgehead atoms. The van der Waals surface area contributed by atoms with Crippen molar-refractivity contribution >= 4 is 52.0 Å². The molecule has 6 rings (SSSR count). The van der Waals surface area contributed by atoms with E-state index in [-0.39, 0.29) is 29.8 Å². The molecule has 0 aliphatic carbocycles. The fraction of sp³-hybridized carbons (Fsp3) is 0.370. The topological polar surface area (TPSA) is 244 Å². The number of hydrogen-bond donors (Lipinski definition) is 5. The summed E-state index contributed by atoms with van der Waals surface area (Å²) in [6.45, 7) is 1.14. The highest BCUT2D eigenvalue weighted by Gasteiger charge is 2.51. The predicted octanol–water partition coefficient (Wildman–Crippen LogP) is 1.63. The highest BCUT2D eigenvalue weighted by molar-refractivity contribution is 7.92. The third kappa shape index (κ3) is 6.00. The highest BCUT2D eigenvalue weighted by atomic mass is 32.2. The molecule has 1 saturated heterocycles. The number of fused-ring (bicyclic) bond motifs is 1. The fourth-order valence-electron chi connectivity index (χ4n) is 5.41. The lowest BCUT2D eigenvalue weighted by Gasteiger charge is -2.24. The summed E-state index contributed by atoms with van der Waals surface area (Å²) in [5.41, 5.74) is 12.3. The van der Waals surface area contributed by atoms with E-state index in [2.05, 4.69) is 15.0 Å². The van der Waals surface area contributed by atoms with Crippen LogP contribution >= 0.6 is 19.6 Å². The van der Waals surface area contributed by atoms with E-state index in [1.54, 1.807) is 13.2 Å². The van der Waals surface area contributed by atoms with Crippen LogP contribution in [0, 0.1) is 0 Å². The Balaban J connectivity index is 1.36. The van der Waals surface area contributed by atoms with Gasteiger partial charge in [0.2, 0.25) is 0 Å². The standard InChI is InChI=1S/C27H29N6O10PS2/c1-12-25(29)31-15(11-46(12,38)39)24-17(9-19(45-24)14-8-13-4-3-5-16(40-2)21(13)30-14)41-10-18-23(43-44(36)37)22(34)26(42-18)33-7-6-20(28)32-27(33)35/h3-9,12,15,18,22-23,26,30,34H,10-11H2,1-2H3,(H4-,28,29,31,32,35,36,37)/p+1/t12?,15?,18-,22-,23-,26-/m1/s1. The van der Waals surface area contributed by atoms with Gasteiger partial charge in [-0.2, -0.15) is 4.98 Å². The van der Waals surface area contributed by atoms with E-state index >= 15 is 0 Å². The second-order valence-electron chi connectivity index (χ2n) is 10.7. The van der Waals surface area contributed by atoms with E-state index in [9.17, 15) is 27.8 Å². The van der Waals surface area contributed by atoms with Crippen LogP contribution in [-0.4, -0.2) is 81.8 Å². The van der Waals surface area contributed by atoms with Crippen LogP contribution in [0.25, 0.3) is 21.5 Å². The lowest BCUT2D eigenvalue weighted by Crippen LogP contribution is -2.40. The Morgan fingerprint density at radius 2 is 2.02 bits per heavy atom. The smallest absolute Gasteiger partial charge is 0.495 e. The quantitative estimate of drug-likeness (QED) is 0.157. The first-order valence-electron chi connectivity index (χ1n) is 13.8. The molecule has 0 saturated carbocycles. The maximum absolute atomic E-state index is 12.9. The number of rotatable bonds is 9. The largest absolute Gasteiger partial charge is 0.695 e. The molecule has 7 N–H and O–H groups in total. The molecule has 16 nitrogen and oxygen atoms in total. The Kier molecular flexibility index (Phi) is 8.62. The second-order valence-corrected chi connectivity index (χ2v) is 14.8. The zero-order valence-corrected chi connectivity index (χ0v) is 26.9. The minimum Gasteiger partial charge on any atom is -0.495 e. The molecule has 2 aliphatic heterocycles. The molecule has 5 heterocycles. The number of thiophene rings is 1. The van der Waals surface area contributed by atoms with Crippen molar-refractivity contribution in [1.29, 1.82) is 0 Å². The maximum Gasteiger partial charge on any atom is 0.695 e. The minimum absolute atomic E-state index is 0.0275. The van der Waals surface area contributed by atoms with E-state index in [1.165, 1.54) is 30.5 Å². The summed E-state index contributed by atoms with van der Waals surface area (Å²) in [5, 5.41) is 10.9. The molecule has 46 heavy (non-hydrogen) atoms. The van der Waals surface area contributed by atoms with Gasteiger partial charge in [0, 0.05) is 22.2 Å². The average Bonchev–Trinajstić information content (AvgIpc) is 3.70. The number of aliphatic hydroxyl groups is 1. The Hall–Kier alpha value is -3.90. The number of para-hydroxylation sites is 1. The summed E-state index contributed by atoms with van der Waals surface area (Å²) in [5.74, 6) is 0.501. The van der Waals surface area contributed by atoms with Crippen molar-refractivity contribution in [1.82, 2.24) is 14.5 Å². The van der Waals surface area contributed by atoms with Gasteiger partial charge < -0.3 is 35.8 Å². The molecule has 3 unspecified atom stereocenters. The number of aliphatic hydroxyl groups excluding tert-OH is 1. The number of aliphatic imine (C=N–C) groups is 1. The summed E-state index contributed by atoms with van der Waals surface area (Å²) in [4.78, 5) is 34.6. The zero-order chi connectivity index (χ0) is 32.9. The molecule has 2 aliphatic rings. The first kappa shape index (κ1) is 32.1. The van der Waals surface area contributed by atoms with Crippen LogP contribution in [0.1, 0.15) is 24.1 Å². The van der Waals surface area contributed by atoms with E-state index in [0.717, 1.165) is 15.5 Å². The molecular formula is C27H30N6O10PS2+. The number of ether oxygens (including phenoxy) is 3. The van der Waals surface area contributed by atoms with Gasteiger partial charge in [0.1, 0.15) is 53.3 Å². The van der Waals surface area contributed by atoms with Crippen molar-refractivity contribution in [2.24, 2.45) is 10.7 Å². The Morgan fingerprint density at radius 1 is 1.24 bits per heavy atom. The van der Waals surface area contributed by atoms with Gasteiger partial charge in [-0.05, 0) is 25.1 Å². The molecule has 0 radical (unpaired) electrons. The van der Waals surface area contributed by atoms with Gasteiger partial charge in [-0.1, -0.05) is 12.1 Å². The number of aromatic nitrogens is 3. The number of nitrogens with one attached hydrogen (secondary N) is 1. The number of nitrogens with zero attached hydrogens (tertiary/aromatic N) is 3. The summed E-state index contributed by atoms with van der Waals surface area (Å²) < 4.78 is 61.2. The van der Waals surface area contributed by atoms with Crippen molar-refractivity contribution in [3.63, 3.8) is 0 Å². The Morgan fingerprint density at radius 3 is 2.72 bits per heavy atom. The number of hydrogen-bond acceptors (Lipinski definition) is 14. The van der Waals surface area contributed by atoms with Crippen molar-refractivity contribution in [2.75, 3.05) is 25.2 Å². The van der Waals surface area contributed by atoms with Crippen LogP contribution in [0.2, 0.25) is 0 Å². The summed E-state index contributed by atoms with van der Waals surface area (Å²) in [6.07, 6.45) is -4.20. The van der Waals surface area contributed by atoms with Crippen molar-refractivity contribution in [2.45, 2.75) is 42.8 Å². The molecule has 3 aromatic heterocycles. The van der Waals surface area contributed by atoms with Crippen LogP contribution < -0.4 is 26.6 Å². The van der Waals surface area contributed by atoms with Crippen LogP contribution in [0.5, 0.6) is 11.5 Å². The van der Waals surface area contributed by atoms with Gasteiger partial charge in [-0.15, -0.1) is 20.8 Å². The van der Waals surface area contributed by atoms with Gasteiger partial charge in [0.05, 0.1) is 33.8 Å². The third-order valence-corrected chi connectivity index (χ3v) is 11.6. The van der Waals surface area contributed by atoms with E-state index in [4.69, 9.17) is 30.2 Å². The fourth-order valence-corrected chi connectivity index (χ4v) is 8.50. The first-order valence-corrected chi connectivity index (χ1v) is 17.5. The highest BCUT2D eigenvalue weighted by Crippen LogP contribution is 2.44. The van der Waals surface area contributed by atoms with Crippen molar-refractivity contribution in [3.05, 3.63) is 58.0 Å². The van der Waals surface area contributed by atoms with E-state index < -0.39 is 59.6 Å². The van der Waals surface area contributed by atoms with E-state index in [1.807, 2.05) is 24.3 Å². The molecule has 7 atom stereocenters. The van der Waals surface area contributed by atoms with Gasteiger partial charge >= 0.3 is 13.9 Å². The number of anilines is 1. The second kappa shape index (κ2) is 12.4. The summed E-state index contributed by atoms with van der Waals surface area (Å²) >= 11 is 1.25. The van der Waals surface area contributed by atoms with Gasteiger partial charge in [-0.25, -0.2) is 13.2 Å². The molecule has 19 heteroatoms. The monoisotopic (exact) mass is 693 g/mol. The number of H-pyrrole nitrogens is 1. The number of amidine groups is 1. The number of nitrogens with two attached hydrogens (primary N) is 2. The molecule has 1 fully saturated rings. The summed E-state index contributed by atoms with van der Waals surface area (Å²) in [7, 11) is -5.25. The van der Waals surface area contributed by atoms with Crippen LogP contribution in [0.15, 0.2) is 52.4 Å². The molecule has 1 aromatic carbocycles. The number of sulfone groups is 1. The molecule has 244 valence electrons. The lowest BCUT2D eigenvalue weighted by molar-refractivity contribution is -0.0511. The van der Waals surface area contributed by atoms with E-state index in [0.29, 0.717) is 21.2 Å². The van der Waals surface area contributed by atoms with Gasteiger partial charge in [0.15, 0.2) is 22.2 Å². The Labute approximate surface area is 266 Å². The lowest BCUT2D eigenvalue weighted by atomic mass is 10.1.